The molecule has 0 bridgehead atoms. The van der Waals surface area contributed by atoms with Crippen molar-refractivity contribution in [2.75, 3.05) is 31.6 Å². The molecule has 0 saturated carbocycles. The van der Waals surface area contributed by atoms with Crippen molar-refractivity contribution in [2.45, 2.75) is 12.6 Å². The highest BCUT2D eigenvalue weighted by molar-refractivity contribution is 6.42. The highest BCUT2D eigenvalue weighted by Gasteiger charge is 2.25. The van der Waals surface area contributed by atoms with E-state index >= 15 is 0 Å². The molecule has 7 nitrogen and oxygen atoms in total. The largest absolute Gasteiger partial charge is 0.489 e. The predicted octanol–water partition coefficient (Wildman–Crippen LogP) is 4.69. The molecule has 1 aromatic heterocycles. The second-order valence-corrected chi connectivity index (χ2v) is 8.07. The third-order valence-electron chi connectivity index (χ3n) is 4.91. The van der Waals surface area contributed by atoms with Crippen LogP contribution in [0.2, 0.25) is 10.0 Å². The fraction of sp³-hybridized carbons (Fsp3) is 0.273. The van der Waals surface area contributed by atoms with Gasteiger partial charge in [0.2, 0.25) is 0 Å². The summed E-state index contributed by atoms with van der Waals surface area (Å²) < 4.78 is 26.2. The number of urea groups is 1. The topological polar surface area (TPSA) is 68.6 Å². The second kappa shape index (κ2) is 10.2. The first kappa shape index (κ1) is 22.4. The lowest BCUT2D eigenvalue weighted by atomic mass is 10.2. The lowest BCUT2D eigenvalue weighted by molar-refractivity contribution is -0.0336. The lowest BCUT2D eigenvalue weighted by Crippen LogP contribution is -2.49. The number of halogens is 3. The number of benzene rings is 2. The molecule has 1 atom stereocenters. The zero-order chi connectivity index (χ0) is 22.5. The summed E-state index contributed by atoms with van der Waals surface area (Å²) in [4.78, 5) is 14.4. The molecule has 1 N–H and O–H groups in total. The molecule has 1 fully saturated rings. The van der Waals surface area contributed by atoms with E-state index in [0.29, 0.717) is 47.7 Å². The standard InChI is InChI=1S/C22H21Cl2FN4O3/c23-19-2-1-3-20(21(19)24)32-14-18-13-28(8-9-31-18)22(30)27-17-10-26-29(12-17)11-15-4-6-16(25)7-5-15/h1-7,10,12,18H,8-9,11,13-14H2,(H,27,30). The molecule has 0 spiro atoms. The Hall–Kier alpha value is -2.81. The van der Waals surface area contributed by atoms with Crippen LogP contribution in [0.15, 0.2) is 54.9 Å². The predicted molar refractivity (Wildman–Crippen MR) is 120 cm³/mol. The van der Waals surface area contributed by atoms with Crippen LogP contribution in [-0.4, -0.2) is 53.1 Å². The minimum Gasteiger partial charge on any atom is -0.489 e. The van der Waals surface area contributed by atoms with Crippen LogP contribution in [0.1, 0.15) is 5.56 Å². The number of hydrogen-bond donors (Lipinski definition) is 1. The number of ether oxygens (including phenoxy) is 2. The van der Waals surface area contributed by atoms with Crippen molar-refractivity contribution in [1.82, 2.24) is 14.7 Å². The van der Waals surface area contributed by atoms with Crippen LogP contribution in [0.4, 0.5) is 14.9 Å². The molecule has 168 valence electrons. The van der Waals surface area contributed by atoms with Crippen LogP contribution < -0.4 is 10.1 Å². The van der Waals surface area contributed by atoms with Crippen molar-refractivity contribution in [3.05, 3.63) is 76.3 Å². The average Bonchev–Trinajstić information content (AvgIpc) is 3.23. The van der Waals surface area contributed by atoms with Crippen LogP contribution in [-0.2, 0) is 11.3 Å². The SMILES string of the molecule is O=C(Nc1cnn(Cc2ccc(F)cc2)c1)N1CCOC(COc2cccc(Cl)c2Cl)C1. The second-order valence-electron chi connectivity index (χ2n) is 7.28. The van der Waals surface area contributed by atoms with Gasteiger partial charge in [-0.05, 0) is 29.8 Å². The number of aromatic nitrogens is 2. The van der Waals surface area contributed by atoms with Crippen molar-refractivity contribution >= 4 is 34.9 Å². The highest BCUT2D eigenvalue weighted by Crippen LogP contribution is 2.31. The third kappa shape index (κ3) is 5.70. The van der Waals surface area contributed by atoms with Gasteiger partial charge in [0.25, 0.3) is 0 Å². The molecule has 2 amide bonds. The fourth-order valence-corrected chi connectivity index (χ4v) is 3.62. The number of carbonyl (C=O) groups excluding carboxylic acids is 1. The highest BCUT2D eigenvalue weighted by atomic mass is 35.5. The van der Waals surface area contributed by atoms with Gasteiger partial charge in [-0.1, -0.05) is 41.4 Å². The van der Waals surface area contributed by atoms with E-state index in [1.807, 2.05) is 0 Å². The Kier molecular flexibility index (Phi) is 7.14. The maximum atomic E-state index is 13.0. The monoisotopic (exact) mass is 478 g/mol. The first-order valence-corrected chi connectivity index (χ1v) is 10.7. The number of rotatable bonds is 6. The van der Waals surface area contributed by atoms with E-state index in [1.54, 1.807) is 52.3 Å². The Bertz CT molecular complexity index is 1080. The molecule has 0 aliphatic carbocycles. The lowest BCUT2D eigenvalue weighted by Gasteiger charge is -2.32. The number of nitrogens with one attached hydrogen (secondary N) is 1. The van der Waals surface area contributed by atoms with E-state index in [1.165, 1.54) is 12.1 Å². The van der Waals surface area contributed by atoms with Crippen molar-refractivity contribution in [1.29, 1.82) is 0 Å². The zero-order valence-electron chi connectivity index (χ0n) is 17.0. The van der Waals surface area contributed by atoms with E-state index < -0.39 is 0 Å². The fourth-order valence-electron chi connectivity index (χ4n) is 3.28. The Morgan fingerprint density at radius 3 is 2.88 bits per heavy atom. The first-order valence-electron chi connectivity index (χ1n) is 9.99. The molecular formula is C22H21Cl2FN4O3. The van der Waals surface area contributed by atoms with Gasteiger partial charge in [-0.25, -0.2) is 9.18 Å². The molecule has 1 aliphatic heterocycles. The minimum atomic E-state index is -0.300. The van der Waals surface area contributed by atoms with Crippen LogP contribution in [0.5, 0.6) is 5.75 Å². The summed E-state index contributed by atoms with van der Waals surface area (Å²) in [6.45, 7) is 1.94. The van der Waals surface area contributed by atoms with E-state index in [0.717, 1.165) is 5.56 Å². The van der Waals surface area contributed by atoms with Crippen LogP contribution in [0.3, 0.4) is 0 Å². The molecule has 32 heavy (non-hydrogen) atoms. The summed E-state index contributed by atoms with van der Waals surface area (Å²) in [6, 6.07) is 11.1. The van der Waals surface area contributed by atoms with Crippen molar-refractivity contribution in [2.24, 2.45) is 0 Å². The summed E-state index contributed by atoms with van der Waals surface area (Å²) in [5.74, 6) is 0.185. The maximum Gasteiger partial charge on any atom is 0.322 e. The Balaban J connectivity index is 1.29. The van der Waals surface area contributed by atoms with Gasteiger partial charge in [0.1, 0.15) is 29.3 Å². The van der Waals surface area contributed by atoms with Gasteiger partial charge in [-0.2, -0.15) is 5.10 Å². The summed E-state index contributed by atoms with van der Waals surface area (Å²) in [5, 5.41) is 7.85. The Morgan fingerprint density at radius 2 is 2.06 bits per heavy atom. The van der Waals surface area contributed by atoms with Gasteiger partial charge in [0.15, 0.2) is 0 Å². The minimum absolute atomic E-state index is 0.236. The molecule has 4 rings (SSSR count). The molecule has 2 heterocycles. The first-order chi connectivity index (χ1) is 15.5. The number of nitrogens with zero attached hydrogens (tertiary/aromatic N) is 3. The van der Waals surface area contributed by atoms with Crippen molar-refractivity contribution < 1.29 is 18.7 Å². The van der Waals surface area contributed by atoms with E-state index in [2.05, 4.69) is 10.4 Å². The molecule has 10 heteroatoms. The van der Waals surface area contributed by atoms with Crippen LogP contribution in [0, 0.1) is 5.82 Å². The summed E-state index contributed by atoms with van der Waals surface area (Å²) >= 11 is 12.1. The molecule has 0 radical (unpaired) electrons. The molecule has 1 unspecified atom stereocenters. The maximum absolute atomic E-state index is 13.0. The summed E-state index contributed by atoms with van der Waals surface area (Å²) in [5.41, 5.74) is 1.48. The van der Waals surface area contributed by atoms with Gasteiger partial charge in [0.05, 0.1) is 36.6 Å². The molecule has 3 aromatic rings. The van der Waals surface area contributed by atoms with Gasteiger partial charge in [-0.3, -0.25) is 4.68 Å². The Labute approximate surface area is 194 Å². The number of anilines is 1. The zero-order valence-corrected chi connectivity index (χ0v) is 18.5. The number of morpholine rings is 1. The Morgan fingerprint density at radius 1 is 1.25 bits per heavy atom. The van der Waals surface area contributed by atoms with Crippen molar-refractivity contribution in [3.63, 3.8) is 0 Å². The average molecular weight is 479 g/mol. The molecule has 2 aromatic carbocycles. The van der Waals surface area contributed by atoms with Gasteiger partial charge in [-0.15, -0.1) is 0 Å². The smallest absolute Gasteiger partial charge is 0.322 e. The van der Waals surface area contributed by atoms with Crippen LogP contribution in [0.25, 0.3) is 0 Å². The van der Waals surface area contributed by atoms with E-state index in [-0.39, 0.29) is 24.6 Å². The molecule has 1 saturated heterocycles. The number of hydrogen-bond acceptors (Lipinski definition) is 4. The van der Waals surface area contributed by atoms with Crippen molar-refractivity contribution in [3.8, 4) is 5.75 Å². The normalized spacial score (nSPS) is 16.1. The molecular weight excluding hydrogens is 458 g/mol. The van der Waals surface area contributed by atoms with Gasteiger partial charge >= 0.3 is 6.03 Å². The quantitative estimate of drug-likeness (QED) is 0.557. The summed E-state index contributed by atoms with van der Waals surface area (Å²) in [6.07, 6.45) is 3.00. The third-order valence-corrected chi connectivity index (χ3v) is 5.71. The van der Waals surface area contributed by atoms with Crippen LogP contribution >= 0.6 is 23.2 Å². The van der Waals surface area contributed by atoms with E-state index in [9.17, 15) is 9.18 Å². The van der Waals surface area contributed by atoms with Gasteiger partial charge < -0.3 is 19.7 Å². The number of carbonyl (C=O) groups is 1. The molecule has 1 aliphatic rings. The van der Waals surface area contributed by atoms with Gasteiger partial charge in [0, 0.05) is 12.7 Å². The van der Waals surface area contributed by atoms with E-state index in [4.69, 9.17) is 32.7 Å². The number of amides is 2. The summed E-state index contributed by atoms with van der Waals surface area (Å²) in [7, 11) is 0.